The molecule has 1 fully saturated rings. The van der Waals surface area contributed by atoms with E-state index in [9.17, 15) is 0 Å². The summed E-state index contributed by atoms with van der Waals surface area (Å²) in [4.78, 5) is 0. The van der Waals surface area contributed by atoms with Gasteiger partial charge in [-0.3, -0.25) is 0 Å². The third-order valence-corrected chi connectivity index (χ3v) is 4.94. The number of rotatable bonds is 4. The second-order valence-corrected chi connectivity index (χ2v) is 6.70. The van der Waals surface area contributed by atoms with Crippen LogP contribution in [0.5, 0.6) is 0 Å². The number of halogens is 1. The van der Waals surface area contributed by atoms with Gasteiger partial charge in [-0.1, -0.05) is 42.5 Å². The molecule has 0 heterocycles. The van der Waals surface area contributed by atoms with Crippen molar-refractivity contribution < 1.29 is 0 Å². The molecule has 0 aliphatic heterocycles. The van der Waals surface area contributed by atoms with Crippen molar-refractivity contribution in [2.24, 2.45) is 5.73 Å². The van der Waals surface area contributed by atoms with E-state index in [1.807, 2.05) is 0 Å². The summed E-state index contributed by atoms with van der Waals surface area (Å²) in [6.07, 6.45) is 3.41. The highest BCUT2D eigenvalue weighted by Crippen LogP contribution is 2.50. The fraction of sp³-hybridized carbons (Fsp3) is 0.294. The van der Waals surface area contributed by atoms with Gasteiger partial charge in [0.25, 0.3) is 0 Å². The van der Waals surface area contributed by atoms with Crippen LogP contribution in [-0.2, 0) is 11.8 Å². The van der Waals surface area contributed by atoms with Gasteiger partial charge < -0.3 is 5.73 Å². The summed E-state index contributed by atoms with van der Waals surface area (Å²) < 4.78 is 1.28. The molecule has 1 atom stereocenters. The van der Waals surface area contributed by atoms with Crippen molar-refractivity contribution in [1.29, 1.82) is 0 Å². The number of nitrogens with two attached hydrogens (primary N) is 1. The molecule has 0 saturated heterocycles. The van der Waals surface area contributed by atoms with Crippen LogP contribution in [0.25, 0.3) is 0 Å². The minimum Gasteiger partial charge on any atom is -0.327 e. The van der Waals surface area contributed by atoms with Gasteiger partial charge in [0.05, 0.1) is 0 Å². The SMILES string of the molecule is NC(Cc1ccc(I)cc1)C1(c2ccccc2)CC1. The molecule has 0 spiro atoms. The molecule has 0 radical (unpaired) electrons. The highest BCUT2D eigenvalue weighted by atomic mass is 127. The van der Waals surface area contributed by atoms with E-state index in [0.29, 0.717) is 0 Å². The Morgan fingerprint density at radius 3 is 2.21 bits per heavy atom. The zero-order valence-electron chi connectivity index (χ0n) is 10.9. The minimum atomic E-state index is 0.218. The number of benzene rings is 2. The van der Waals surface area contributed by atoms with E-state index in [0.717, 1.165) is 6.42 Å². The Hall–Kier alpha value is -0.870. The summed E-state index contributed by atoms with van der Waals surface area (Å²) in [7, 11) is 0. The predicted molar refractivity (Wildman–Crippen MR) is 88.2 cm³/mol. The highest BCUT2D eigenvalue weighted by Gasteiger charge is 2.48. The van der Waals surface area contributed by atoms with E-state index in [2.05, 4.69) is 77.2 Å². The van der Waals surface area contributed by atoms with Crippen molar-refractivity contribution in [2.45, 2.75) is 30.7 Å². The van der Waals surface area contributed by atoms with Crippen LogP contribution in [0.2, 0.25) is 0 Å². The molecule has 0 bridgehead atoms. The molecule has 1 saturated carbocycles. The van der Waals surface area contributed by atoms with Gasteiger partial charge in [0, 0.05) is 15.0 Å². The monoisotopic (exact) mass is 363 g/mol. The van der Waals surface area contributed by atoms with Gasteiger partial charge in [-0.05, 0) is 65.1 Å². The van der Waals surface area contributed by atoms with Crippen LogP contribution in [0.4, 0.5) is 0 Å². The first-order valence-corrected chi connectivity index (χ1v) is 7.84. The van der Waals surface area contributed by atoms with Crippen molar-refractivity contribution in [2.75, 3.05) is 0 Å². The van der Waals surface area contributed by atoms with Gasteiger partial charge in [-0.15, -0.1) is 0 Å². The van der Waals surface area contributed by atoms with Crippen LogP contribution < -0.4 is 5.73 Å². The van der Waals surface area contributed by atoms with Gasteiger partial charge >= 0.3 is 0 Å². The van der Waals surface area contributed by atoms with Crippen molar-refractivity contribution in [3.63, 3.8) is 0 Å². The summed E-state index contributed by atoms with van der Waals surface area (Å²) in [5, 5.41) is 0. The minimum absolute atomic E-state index is 0.218. The second kappa shape index (κ2) is 5.25. The zero-order valence-corrected chi connectivity index (χ0v) is 13.0. The summed E-state index contributed by atoms with van der Waals surface area (Å²) in [5.74, 6) is 0. The second-order valence-electron chi connectivity index (χ2n) is 5.46. The van der Waals surface area contributed by atoms with Crippen LogP contribution >= 0.6 is 22.6 Å². The normalized spacial score (nSPS) is 18.0. The first-order chi connectivity index (χ1) is 9.21. The Kier molecular flexibility index (Phi) is 3.63. The fourth-order valence-electron chi connectivity index (χ4n) is 2.85. The Bertz CT molecular complexity index is 543. The third-order valence-electron chi connectivity index (χ3n) is 4.22. The molecule has 0 aromatic heterocycles. The van der Waals surface area contributed by atoms with Crippen molar-refractivity contribution in [1.82, 2.24) is 0 Å². The summed E-state index contributed by atoms with van der Waals surface area (Å²) in [5.41, 5.74) is 9.49. The smallest absolute Gasteiger partial charge is 0.0177 e. The van der Waals surface area contributed by atoms with E-state index in [1.54, 1.807) is 0 Å². The molecule has 1 unspecified atom stereocenters. The van der Waals surface area contributed by atoms with Gasteiger partial charge in [-0.25, -0.2) is 0 Å². The first kappa shape index (κ1) is 13.1. The number of hydrogen-bond donors (Lipinski definition) is 1. The van der Waals surface area contributed by atoms with E-state index in [-0.39, 0.29) is 11.5 Å². The predicted octanol–water partition coefficient (Wildman–Crippen LogP) is 3.89. The summed E-state index contributed by atoms with van der Waals surface area (Å²) >= 11 is 2.34. The standard InChI is InChI=1S/C17H18IN/c18-15-8-6-13(7-9-15)12-16(19)17(10-11-17)14-4-2-1-3-5-14/h1-9,16H,10-12,19H2. The quantitative estimate of drug-likeness (QED) is 0.820. The van der Waals surface area contributed by atoms with E-state index in [1.165, 1.54) is 27.5 Å². The van der Waals surface area contributed by atoms with Gasteiger partial charge in [0.15, 0.2) is 0 Å². The summed E-state index contributed by atoms with van der Waals surface area (Å²) in [6.45, 7) is 0. The lowest BCUT2D eigenvalue weighted by Gasteiger charge is -2.24. The van der Waals surface area contributed by atoms with Crippen LogP contribution in [-0.4, -0.2) is 6.04 Å². The number of hydrogen-bond acceptors (Lipinski definition) is 1. The topological polar surface area (TPSA) is 26.0 Å². The van der Waals surface area contributed by atoms with E-state index >= 15 is 0 Å². The van der Waals surface area contributed by atoms with Gasteiger partial charge in [0.1, 0.15) is 0 Å². The lowest BCUT2D eigenvalue weighted by molar-refractivity contribution is 0.514. The maximum Gasteiger partial charge on any atom is 0.0177 e. The van der Waals surface area contributed by atoms with Gasteiger partial charge in [-0.2, -0.15) is 0 Å². The Labute approximate surface area is 128 Å². The molecule has 0 amide bonds. The molecule has 98 valence electrons. The molecule has 19 heavy (non-hydrogen) atoms. The lowest BCUT2D eigenvalue weighted by Crippen LogP contribution is -2.36. The average molecular weight is 363 g/mol. The maximum atomic E-state index is 6.51. The van der Waals surface area contributed by atoms with Gasteiger partial charge in [0.2, 0.25) is 0 Å². The molecular formula is C17H18IN. The first-order valence-electron chi connectivity index (χ1n) is 6.76. The average Bonchev–Trinajstić information content (AvgIpc) is 3.24. The fourth-order valence-corrected chi connectivity index (χ4v) is 3.21. The van der Waals surface area contributed by atoms with Crippen molar-refractivity contribution >= 4 is 22.6 Å². The molecule has 2 aromatic carbocycles. The molecule has 1 nitrogen and oxygen atoms in total. The van der Waals surface area contributed by atoms with E-state index < -0.39 is 0 Å². The molecule has 2 heteroatoms. The Morgan fingerprint density at radius 2 is 1.63 bits per heavy atom. The molecule has 1 aliphatic rings. The van der Waals surface area contributed by atoms with Crippen LogP contribution in [0.15, 0.2) is 54.6 Å². The zero-order chi connectivity index (χ0) is 13.3. The highest BCUT2D eigenvalue weighted by molar-refractivity contribution is 14.1. The largest absolute Gasteiger partial charge is 0.327 e. The third kappa shape index (κ3) is 2.70. The molecule has 1 aliphatic carbocycles. The van der Waals surface area contributed by atoms with Crippen molar-refractivity contribution in [3.05, 3.63) is 69.3 Å². The van der Waals surface area contributed by atoms with Crippen LogP contribution in [0.1, 0.15) is 24.0 Å². The summed E-state index contributed by atoms with van der Waals surface area (Å²) in [6, 6.07) is 19.7. The maximum absolute atomic E-state index is 6.51. The molecule has 2 N–H and O–H groups in total. The lowest BCUT2D eigenvalue weighted by atomic mass is 9.85. The van der Waals surface area contributed by atoms with Crippen LogP contribution in [0.3, 0.4) is 0 Å². The molecular weight excluding hydrogens is 345 g/mol. The Morgan fingerprint density at radius 1 is 1.00 bits per heavy atom. The Balaban J connectivity index is 1.77. The molecule has 3 rings (SSSR count). The van der Waals surface area contributed by atoms with Crippen molar-refractivity contribution in [3.8, 4) is 0 Å². The van der Waals surface area contributed by atoms with Crippen LogP contribution in [0, 0.1) is 3.57 Å². The van der Waals surface area contributed by atoms with E-state index in [4.69, 9.17) is 5.73 Å². The molecule has 2 aromatic rings.